The van der Waals surface area contributed by atoms with Crippen molar-refractivity contribution in [1.29, 1.82) is 0 Å². The Kier molecular flexibility index (Phi) is 7.96. The van der Waals surface area contributed by atoms with Gasteiger partial charge in [0.05, 0.1) is 18.0 Å². The van der Waals surface area contributed by atoms with Crippen molar-refractivity contribution in [3.05, 3.63) is 35.9 Å². The zero-order valence-corrected chi connectivity index (χ0v) is 20.3. The lowest BCUT2D eigenvalue weighted by Crippen LogP contribution is -2.31. The van der Waals surface area contributed by atoms with Gasteiger partial charge in [-0.05, 0) is 61.5 Å². The molecule has 5 rings (SSSR count). The molecule has 6 nitrogen and oxygen atoms in total. The van der Waals surface area contributed by atoms with E-state index in [9.17, 15) is 9.59 Å². The fraction of sp³-hybridized carbons (Fsp3) is 0.654. The number of carbonyl (C=O) groups excluding carboxylic acids is 2. The van der Waals surface area contributed by atoms with E-state index < -0.39 is 0 Å². The maximum atomic E-state index is 12.1. The van der Waals surface area contributed by atoms with E-state index in [2.05, 4.69) is 17.2 Å². The van der Waals surface area contributed by atoms with Gasteiger partial charge < -0.3 is 13.9 Å². The van der Waals surface area contributed by atoms with Gasteiger partial charge in [0.1, 0.15) is 12.2 Å². The van der Waals surface area contributed by atoms with Gasteiger partial charge in [0.2, 0.25) is 0 Å². The van der Waals surface area contributed by atoms with Gasteiger partial charge in [0.15, 0.2) is 0 Å². The number of imidazole rings is 1. The van der Waals surface area contributed by atoms with Crippen molar-refractivity contribution >= 4 is 17.5 Å². The minimum atomic E-state index is -0.262. The van der Waals surface area contributed by atoms with E-state index in [4.69, 9.17) is 9.47 Å². The van der Waals surface area contributed by atoms with Crippen LogP contribution >= 0.6 is 0 Å². The predicted octanol–water partition coefficient (Wildman–Crippen LogP) is 5.85. The Morgan fingerprint density at radius 2 is 1.75 bits per heavy atom. The van der Waals surface area contributed by atoms with Crippen molar-refractivity contribution < 1.29 is 19.1 Å². The maximum absolute atomic E-state index is 12.1. The molecule has 2 bridgehead atoms. The molecule has 5 unspecified atom stereocenters. The van der Waals surface area contributed by atoms with Crippen LogP contribution in [0.3, 0.4) is 0 Å². The van der Waals surface area contributed by atoms with Crippen molar-refractivity contribution in [1.82, 2.24) is 9.38 Å². The summed E-state index contributed by atoms with van der Waals surface area (Å²) in [6.45, 7) is 11.0. The second-order valence-electron chi connectivity index (χ2n) is 8.71. The van der Waals surface area contributed by atoms with E-state index >= 15 is 0 Å². The Labute approximate surface area is 191 Å². The van der Waals surface area contributed by atoms with Crippen LogP contribution in [0.25, 0.3) is 5.52 Å². The SMILES string of the molecule is CC.CC.CC(=O)OC1CC2CC1CC2C(OC(C)=O)c1c(C2CC2)ccn2cncc12. The molecule has 5 atom stereocenters. The first-order chi connectivity index (χ1) is 15.5. The molecule has 6 heteroatoms. The average molecular weight is 443 g/mol. The van der Waals surface area contributed by atoms with Gasteiger partial charge in [-0.25, -0.2) is 4.98 Å². The fourth-order valence-electron chi connectivity index (χ4n) is 5.63. The van der Waals surface area contributed by atoms with E-state index in [1.54, 1.807) is 6.33 Å². The molecule has 2 aromatic rings. The second kappa shape index (κ2) is 10.5. The third kappa shape index (κ3) is 4.84. The Bertz CT molecular complexity index is 933. The van der Waals surface area contributed by atoms with Crippen LogP contribution < -0.4 is 0 Å². The van der Waals surface area contributed by atoms with Crippen molar-refractivity contribution in [3.8, 4) is 0 Å². The topological polar surface area (TPSA) is 69.9 Å². The van der Waals surface area contributed by atoms with Crippen LogP contribution in [-0.2, 0) is 19.1 Å². The Balaban J connectivity index is 0.000000686. The molecule has 3 aliphatic carbocycles. The highest BCUT2D eigenvalue weighted by Gasteiger charge is 2.51. The summed E-state index contributed by atoms with van der Waals surface area (Å²) in [5.41, 5.74) is 3.48. The monoisotopic (exact) mass is 442 g/mol. The Morgan fingerprint density at radius 1 is 1.03 bits per heavy atom. The van der Waals surface area contributed by atoms with Crippen molar-refractivity contribution in [2.45, 2.75) is 91.8 Å². The van der Waals surface area contributed by atoms with E-state index in [0.29, 0.717) is 17.8 Å². The maximum Gasteiger partial charge on any atom is 0.303 e. The highest BCUT2D eigenvalue weighted by molar-refractivity contribution is 5.68. The number of nitrogens with zero attached hydrogens (tertiary/aromatic N) is 2. The standard InChI is InChI=1S/C22H26N2O4.2C2H6/c1-12(25)27-20-9-15-7-16(20)8-18(15)22(28-13(2)26)21-17(14-3-4-14)5-6-24-11-23-10-19(21)24;2*1-2/h5-6,10-11,14-16,18,20,22H,3-4,7-9H2,1-2H3;2*1-2H3. The molecule has 2 heterocycles. The molecule has 0 radical (unpaired) electrons. The minimum Gasteiger partial charge on any atom is -0.462 e. The number of ether oxygens (including phenoxy) is 2. The predicted molar refractivity (Wildman–Crippen MR) is 124 cm³/mol. The van der Waals surface area contributed by atoms with Gasteiger partial charge in [0.25, 0.3) is 0 Å². The summed E-state index contributed by atoms with van der Waals surface area (Å²) in [5.74, 6) is 1.15. The van der Waals surface area contributed by atoms with Crippen molar-refractivity contribution in [3.63, 3.8) is 0 Å². The third-order valence-electron chi connectivity index (χ3n) is 6.82. The Morgan fingerprint density at radius 3 is 2.31 bits per heavy atom. The largest absolute Gasteiger partial charge is 0.462 e. The molecule has 3 saturated carbocycles. The number of fused-ring (bicyclic) bond motifs is 3. The molecule has 0 spiro atoms. The fourth-order valence-corrected chi connectivity index (χ4v) is 5.63. The summed E-state index contributed by atoms with van der Waals surface area (Å²) in [7, 11) is 0. The number of carbonyl (C=O) groups is 2. The lowest BCUT2D eigenvalue weighted by Gasteiger charge is -2.34. The van der Waals surface area contributed by atoms with Crippen molar-refractivity contribution in [2.24, 2.45) is 17.8 Å². The summed E-state index contributed by atoms with van der Waals surface area (Å²) in [6.07, 6.45) is 10.7. The third-order valence-corrected chi connectivity index (χ3v) is 6.82. The van der Waals surface area contributed by atoms with E-state index in [0.717, 1.165) is 30.3 Å². The average Bonchev–Trinajstić information content (AvgIpc) is 3.19. The van der Waals surface area contributed by atoms with Crippen LogP contribution in [0.1, 0.15) is 96.8 Å². The summed E-state index contributed by atoms with van der Waals surface area (Å²) in [5, 5.41) is 0. The summed E-state index contributed by atoms with van der Waals surface area (Å²) >= 11 is 0. The second-order valence-corrected chi connectivity index (χ2v) is 8.71. The number of hydrogen-bond acceptors (Lipinski definition) is 5. The molecule has 3 fully saturated rings. The van der Waals surface area contributed by atoms with Crippen molar-refractivity contribution in [2.75, 3.05) is 0 Å². The zero-order chi connectivity index (χ0) is 23.4. The van der Waals surface area contributed by atoms with Crippen LogP contribution in [0.2, 0.25) is 0 Å². The minimum absolute atomic E-state index is 0.0189. The van der Waals surface area contributed by atoms with Crippen LogP contribution in [0.4, 0.5) is 0 Å². The molecule has 176 valence electrons. The number of rotatable bonds is 5. The molecule has 0 aliphatic heterocycles. The van der Waals surface area contributed by atoms with E-state index in [1.807, 2.05) is 38.3 Å². The van der Waals surface area contributed by atoms with Crippen LogP contribution in [-0.4, -0.2) is 27.4 Å². The number of aromatic nitrogens is 2. The molecule has 0 amide bonds. The molecule has 32 heavy (non-hydrogen) atoms. The summed E-state index contributed by atoms with van der Waals surface area (Å²) < 4.78 is 13.5. The van der Waals surface area contributed by atoms with Gasteiger partial charge in [-0.15, -0.1) is 0 Å². The summed E-state index contributed by atoms with van der Waals surface area (Å²) in [6, 6.07) is 2.17. The number of pyridine rings is 1. The molecule has 0 N–H and O–H groups in total. The van der Waals surface area contributed by atoms with Crippen LogP contribution in [0, 0.1) is 17.8 Å². The lowest BCUT2D eigenvalue weighted by molar-refractivity contribution is -0.153. The van der Waals surface area contributed by atoms with Gasteiger partial charge in [0, 0.05) is 31.5 Å². The first-order valence-corrected chi connectivity index (χ1v) is 12.3. The first-order valence-electron chi connectivity index (χ1n) is 12.3. The van der Waals surface area contributed by atoms with Gasteiger partial charge in [-0.3, -0.25) is 9.59 Å². The molecular weight excluding hydrogens is 404 g/mol. The van der Waals surface area contributed by atoms with E-state index in [-0.39, 0.29) is 30.1 Å². The lowest BCUT2D eigenvalue weighted by atomic mass is 9.79. The normalized spacial score (nSPS) is 26.4. The van der Waals surface area contributed by atoms with Crippen LogP contribution in [0.15, 0.2) is 24.8 Å². The molecular formula is C26H38N2O4. The van der Waals surface area contributed by atoms with Gasteiger partial charge in [-0.1, -0.05) is 27.7 Å². The van der Waals surface area contributed by atoms with Gasteiger partial charge in [-0.2, -0.15) is 0 Å². The highest BCUT2D eigenvalue weighted by Crippen LogP contribution is 2.56. The molecule has 0 aromatic carbocycles. The van der Waals surface area contributed by atoms with Gasteiger partial charge >= 0.3 is 11.9 Å². The van der Waals surface area contributed by atoms with E-state index in [1.165, 1.54) is 32.3 Å². The zero-order valence-electron chi connectivity index (χ0n) is 20.3. The molecule has 3 aliphatic rings. The summed E-state index contributed by atoms with van der Waals surface area (Å²) in [4.78, 5) is 27.8. The highest BCUT2D eigenvalue weighted by atomic mass is 16.5. The first kappa shape index (κ1) is 24.3. The quantitative estimate of drug-likeness (QED) is 0.544. The number of hydrogen-bond donors (Lipinski definition) is 0. The Hall–Kier alpha value is -2.37. The molecule has 2 aromatic heterocycles. The van der Waals surface area contributed by atoms with Crippen LogP contribution in [0.5, 0.6) is 0 Å². The smallest absolute Gasteiger partial charge is 0.303 e. The molecule has 0 saturated heterocycles. The number of esters is 2.